The van der Waals surface area contributed by atoms with E-state index < -0.39 is 0 Å². The van der Waals surface area contributed by atoms with Crippen LogP contribution in [0.25, 0.3) is 55.0 Å². The number of benzene rings is 5. The largest absolute Gasteiger partial charge is 0.456 e. The Labute approximate surface area is 225 Å². The maximum Gasteiger partial charge on any atom is 0.143 e. The van der Waals surface area contributed by atoms with Crippen LogP contribution in [0.15, 0.2) is 123 Å². The second kappa shape index (κ2) is 8.69. The molecule has 0 saturated heterocycles. The third-order valence-electron chi connectivity index (χ3n) is 7.94. The topological polar surface area (TPSA) is 50.7 Å². The summed E-state index contributed by atoms with van der Waals surface area (Å²) in [5, 5.41) is 8.23. The van der Waals surface area contributed by atoms with Crippen LogP contribution in [-0.4, -0.2) is 5.71 Å². The van der Waals surface area contributed by atoms with Gasteiger partial charge in [-0.15, -0.1) is 0 Å². The minimum Gasteiger partial charge on any atom is -0.456 e. The van der Waals surface area contributed by atoms with E-state index >= 15 is 0 Å². The van der Waals surface area contributed by atoms with Gasteiger partial charge >= 0.3 is 0 Å². The van der Waals surface area contributed by atoms with E-state index in [4.69, 9.17) is 13.8 Å². The smallest absolute Gasteiger partial charge is 0.143 e. The fraction of sp³-hybridized carbons (Fsp3) is 0.114. The van der Waals surface area contributed by atoms with Crippen molar-refractivity contribution in [3.05, 3.63) is 120 Å². The Hall–Kier alpha value is -4.67. The van der Waals surface area contributed by atoms with Gasteiger partial charge in [0.25, 0.3) is 0 Å². The van der Waals surface area contributed by atoms with Crippen molar-refractivity contribution in [2.45, 2.75) is 25.6 Å². The fourth-order valence-electron chi connectivity index (χ4n) is 6.12. The van der Waals surface area contributed by atoms with Gasteiger partial charge in [-0.3, -0.25) is 10.3 Å². The molecule has 0 amide bonds. The summed E-state index contributed by atoms with van der Waals surface area (Å²) in [6, 6.07) is 38.1. The van der Waals surface area contributed by atoms with Crippen LogP contribution in [-0.2, 0) is 0 Å². The van der Waals surface area contributed by atoms with Crippen LogP contribution in [0.1, 0.15) is 36.7 Å². The van der Waals surface area contributed by atoms with Gasteiger partial charge in [-0.05, 0) is 41.8 Å². The van der Waals surface area contributed by atoms with Crippen LogP contribution >= 0.6 is 0 Å². The summed E-state index contributed by atoms with van der Waals surface area (Å²) >= 11 is 0. The van der Waals surface area contributed by atoms with Gasteiger partial charge in [-0.25, -0.2) is 0 Å². The molecular formula is C35H26N2O2. The zero-order valence-electron chi connectivity index (χ0n) is 21.5. The molecule has 8 rings (SSSR count). The summed E-state index contributed by atoms with van der Waals surface area (Å²) in [5.41, 5.74) is 9.32. The van der Waals surface area contributed by atoms with Gasteiger partial charge < -0.3 is 8.83 Å². The maximum absolute atomic E-state index is 6.66. The first-order valence-corrected chi connectivity index (χ1v) is 13.4. The zero-order valence-corrected chi connectivity index (χ0v) is 21.5. The summed E-state index contributed by atoms with van der Waals surface area (Å²) in [5.74, 6) is 0. The molecule has 1 aliphatic rings. The van der Waals surface area contributed by atoms with Crippen LogP contribution in [0.5, 0.6) is 0 Å². The first kappa shape index (κ1) is 22.3. The highest BCUT2D eigenvalue weighted by atomic mass is 16.3. The molecule has 2 aromatic heterocycles. The summed E-state index contributed by atoms with van der Waals surface area (Å²) in [6.45, 7) is 2.12. The van der Waals surface area contributed by atoms with Crippen molar-refractivity contribution in [2.75, 3.05) is 0 Å². The average Bonchev–Trinajstić information content (AvgIpc) is 3.55. The number of nitrogens with one attached hydrogen (secondary N) is 1. The predicted octanol–water partition coefficient (Wildman–Crippen LogP) is 9.35. The van der Waals surface area contributed by atoms with Crippen molar-refractivity contribution in [3.8, 4) is 11.1 Å². The van der Waals surface area contributed by atoms with Crippen molar-refractivity contribution in [1.82, 2.24) is 5.32 Å². The van der Waals surface area contributed by atoms with E-state index in [0.29, 0.717) is 0 Å². The monoisotopic (exact) mass is 506 g/mol. The van der Waals surface area contributed by atoms with Gasteiger partial charge in [0.2, 0.25) is 0 Å². The molecule has 2 unspecified atom stereocenters. The van der Waals surface area contributed by atoms with Gasteiger partial charge in [0.05, 0.1) is 0 Å². The molecule has 188 valence electrons. The van der Waals surface area contributed by atoms with Crippen molar-refractivity contribution in [3.63, 3.8) is 0 Å². The number of nitrogens with zero attached hydrogens (tertiary/aromatic N) is 1. The molecule has 39 heavy (non-hydrogen) atoms. The van der Waals surface area contributed by atoms with Crippen LogP contribution in [0.3, 0.4) is 0 Å². The molecule has 5 aromatic carbocycles. The molecule has 0 saturated carbocycles. The van der Waals surface area contributed by atoms with Gasteiger partial charge in [0.15, 0.2) is 0 Å². The summed E-state index contributed by atoms with van der Waals surface area (Å²) in [7, 11) is 0. The minimum absolute atomic E-state index is 0.0480. The minimum atomic E-state index is -0.0480. The Morgan fingerprint density at radius 2 is 1.41 bits per heavy atom. The van der Waals surface area contributed by atoms with E-state index in [1.54, 1.807) is 0 Å². The Balaban J connectivity index is 1.25. The highest BCUT2D eigenvalue weighted by Crippen LogP contribution is 2.42. The fourth-order valence-corrected chi connectivity index (χ4v) is 6.12. The Kier molecular flexibility index (Phi) is 4.97. The molecule has 0 spiro atoms. The van der Waals surface area contributed by atoms with Crippen LogP contribution in [0.2, 0.25) is 0 Å². The highest BCUT2D eigenvalue weighted by molar-refractivity contribution is 6.17. The SMILES string of the molecule is CC1=NC(c2ccccc2)NC(c2ccc3c(c2)oc2c(-c4cccc5oc6ccccc6c45)cccc23)C1. The normalized spacial score (nSPS) is 17.8. The number of para-hydroxylation sites is 2. The molecule has 4 nitrogen and oxygen atoms in total. The molecular weight excluding hydrogens is 480 g/mol. The first-order chi connectivity index (χ1) is 19.2. The predicted molar refractivity (Wildman–Crippen MR) is 159 cm³/mol. The lowest BCUT2D eigenvalue weighted by Crippen LogP contribution is -2.31. The summed E-state index contributed by atoms with van der Waals surface area (Å²) in [4.78, 5) is 4.89. The highest BCUT2D eigenvalue weighted by Gasteiger charge is 2.24. The Bertz CT molecular complexity index is 2050. The van der Waals surface area contributed by atoms with E-state index in [1.165, 1.54) is 11.1 Å². The number of rotatable bonds is 3. The Morgan fingerprint density at radius 3 is 2.33 bits per heavy atom. The van der Waals surface area contributed by atoms with Gasteiger partial charge in [-0.2, -0.15) is 0 Å². The van der Waals surface area contributed by atoms with E-state index in [1.807, 2.05) is 24.3 Å². The van der Waals surface area contributed by atoms with Crippen LogP contribution in [0, 0.1) is 0 Å². The molecule has 1 N–H and O–H groups in total. The summed E-state index contributed by atoms with van der Waals surface area (Å²) < 4.78 is 12.8. The van der Waals surface area contributed by atoms with Gasteiger partial charge in [0.1, 0.15) is 28.5 Å². The van der Waals surface area contributed by atoms with E-state index in [9.17, 15) is 0 Å². The van der Waals surface area contributed by atoms with Gasteiger partial charge in [-0.1, -0.05) is 91.0 Å². The molecule has 0 fully saturated rings. The molecule has 0 radical (unpaired) electrons. The van der Waals surface area contributed by atoms with Crippen molar-refractivity contribution < 1.29 is 8.83 Å². The first-order valence-electron chi connectivity index (χ1n) is 13.4. The number of aliphatic imine (C=N–C) groups is 1. The van der Waals surface area contributed by atoms with Gasteiger partial charge in [0, 0.05) is 45.3 Å². The molecule has 7 aromatic rings. The third-order valence-corrected chi connectivity index (χ3v) is 7.94. The van der Waals surface area contributed by atoms with E-state index in [2.05, 4.69) is 97.2 Å². The Morgan fingerprint density at radius 1 is 0.641 bits per heavy atom. The molecule has 1 aliphatic heterocycles. The number of furan rings is 2. The lowest BCUT2D eigenvalue weighted by atomic mass is 9.96. The standard InChI is InChI=1S/C35H26N2O2/c1-21-19-29(37-35(36-21)22-9-3-2-4-10-22)23-17-18-24-26-13-7-14-27(34(26)39-32(24)20-23)25-12-8-16-31-33(25)28-11-5-6-15-30(28)38-31/h2-18,20,29,35,37H,19H2,1H3. The summed E-state index contributed by atoms with van der Waals surface area (Å²) in [6.07, 6.45) is 0.823. The van der Waals surface area contributed by atoms with E-state index in [-0.39, 0.29) is 12.2 Å². The molecule has 4 heteroatoms. The number of hydrogen-bond acceptors (Lipinski definition) is 4. The second-order valence-electron chi connectivity index (χ2n) is 10.4. The quantitative estimate of drug-likeness (QED) is 0.260. The van der Waals surface area contributed by atoms with Crippen LogP contribution in [0.4, 0.5) is 0 Å². The van der Waals surface area contributed by atoms with Crippen molar-refractivity contribution in [1.29, 1.82) is 0 Å². The molecule has 0 aliphatic carbocycles. The molecule has 3 heterocycles. The van der Waals surface area contributed by atoms with Crippen LogP contribution < -0.4 is 5.32 Å². The third kappa shape index (κ3) is 3.60. The average molecular weight is 507 g/mol. The second-order valence-corrected chi connectivity index (χ2v) is 10.4. The lowest BCUT2D eigenvalue weighted by molar-refractivity contribution is 0.440. The van der Waals surface area contributed by atoms with Crippen molar-refractivity contribution in [2.24, 2.45) is 4.99 Å². The van der Waals surface area contributed by atoms with E-state index in [0.717, 1.165) is 67.1 Å². The lowest BCUT2D eigenvalue weighted by Gasteiger charge is -2.29. The van der Waals surface area contributed by atoms with Crippen molar-refractivity contribution >= 4 is 49.6 Å². The zero-order chi connectivity index (χ0) is 25.9. The molecule has 0 bridgehead atoms. The number of fused-ring (bicyclic) bond motifs is 6. The molecule has 2 atom stereocenters. The maximum atomic E-state index is 6.66. The number of hydrogen-bond donors (Lipinski definition) is 1.